The second kappa shape index (κ2) is 7.95. The maximum absolute atomic E-state index is 2.44. The zero-order chi connectivity index (χ0) is 18.8. The van der Waals surface area contributed by atoms with Crippen molar-refractivity contribution in [2.24, 2.45) is 0 Å². The van der Waals surface area contributed by atoms with Crippen molar-refractivity contribution < 1.29 is 0 Å². The third-order valence-corrected chi connectivity index (χ3v) is 9.29. The molecule has 0 bridgehead atoms. The molecule has 28 heavy (non-hydrogen) atoms. The first kappa shape index (κ1) is 17.7. The van der Waals surface area contributed by atoms with Crippen LogP contribution in [0.4, 0.5) is 0 Å². The molecule has 0 aliphatic heterocycles. The van der Waals surface area contributed by atoms with E-state index in [1.165, 1.54) is 39.4 Å². The van der Waals surface area contributed by atoms with Gasteiger partial charge in [-0.1, -0.05) is 0 Å². The predicted molar refractivity (Wildman–Crippen MR) is 124 cm³/mol. The molecule has 0 saturated carbocycles. The summed E-state index contributed by atoms with van der Waals surface area (Å²) >= 11 is 0.627. The van der Waals surface area contributed by atoms with E-state index in [0.717, 1.165) is 0 Å². The van der Waals surface area contributed by atoms with Gasteiger partial charge in [-0.05, 0) is 0 Å². The normalized spacial score (nSPS) is 11.1. The van der Waals surface area contributed by atoms with E-state index >= 15 is 0 Å². The Balaban J connectivity index is 1.64. The van der Waals surface area contributed by atoms with Crippen LogP contribution in [0.3, 0.4) is 0 Å². The van der Waals surface area contributed by atoms with Crippen molar-refractivity contribution in [3.05, 3.63) is 109 Å². The van der Waals surface area contributed by atoms with E-state index in [0.29, 0.717) is 29.9 Å². The molecule has 0 amide bonds. The molecule has 0 N–H and O–H groups in total. The van der Waals surface area contributed by atoms with Crippen LogP contribution in [0.5, 0.6) is 0 Å². The van der Waals surface area contributed by atoms with Gasteiger partial charge in [0.05, 0.1) is 0 Å². The van der Waals surface area contributed by atoms with Crippen molar-refractivity contribution in [3.63, 3.8) is 0 Å². The first-order valence-electron chi connectivity index (χ1n) is 9.28. The van der Waals surface area contributed by atoms with Gasteiger partial charge >= 0.3 is 179 Å². The summed E-state index contributed by atoms with van der Waals surface area (Å²) < 4.78 is 5.76. The molecule has 0 spiro atoms. The van der Waals surface area contributed by atoms with Crippen LogP contribution in [0, 0.1) is 0 Å². The van der Waals surface area contributed by atoms with Crippen molar-refractivity contribution in [1.82, 2.24) is 0 Å². The monoisotopic (exact) mass is 490 g/mol. The van der Waals surface area contributed by atoms with Crippen molar-refractivity contribution in [1.29, 1.82) is 0 Å². The quantitative estimate of drug-likeness (QED) is 0.269. The molecule has 134 valence electrons. The Morgan fingerprint density at radius 3 is 1.32 bits per heavy atom. The zero-order valence-electron chi connectivity index (χ0n) is 15.2. The second-order valence-corrected chi connectivity index (χ2v) is 11.3. The summed E-state index contributed by atoms with van der Waals surface area (Å²) in [5, 5.41) is 5.48. The fourth-order valence-corrected chi connectivity index (χ4v) is 7.52. The van der Waals surface area contributed by atoms with Gasteiger partial charge in [0.1, 0.15) is 0 Å². The first-order chi connectivity index (χ1) is 13.9. The van der Waals surface area contributed by atoms with Gasteiger partial charge in [-0.25, -0.2) is 0 Å². The minimum absolute atomic E-state index is 0.313. The molecule has 0 fully saturated rings. The van der Waals surface area contributed by atoms with Crippen LogP contribution in [-0.4, -0.2) is 29.9 Å². The molecule has 0 radical (unpaired) electrons. The molecule has 0 nitrogen and oxygen atoms in total. The number of hydrogen-bond donors (Lipinski definition) is 0. The molecular formula is C26H18Se2. The molecule has 5 aromatic rings. The number of hydrogen-bond acceptors (Lipinski definition) is 0. The Morgan fingerprint density at radius 1 is 0.393 bits per heavy atom. The molecule has 0 aliphatic rings. The maximum atomic E-state index is 2.44. The summed E-state index contributed by atoms with van der Waals surface area (Å²) in [6.07, 6.45) is 0. The van der Waals surface area contributed by atoms with Crippen LogP contribution in [0.25, 0.3) is 21.5 Å². The van der Waals surface area contributed by atoms with Gasteiger partial charge in [0.25, 0.3) is 0 Å². The minimum atomic E-state index is 0.313. The van der Waals surface area contributed by atoms with Gasteiger partial charge < -0.3 is 0 Å². The van der Waals surface area contributed by atoms with E-state index in [1.54, 1.807) is 0 Å². The third kappa shape index (κ3) is 3.65. The summed E-state index contributed by atoms with van der Waals surface area (Å²) in [5.41, 5.74) is 0. The van der Waals surface area contributed by atoms with Crippen LogP contribution >= 0.6 is 0 Å². The molecule has 0 aliphatic carbocycles. The molecule has 0 aromatic heterocycles. The van der Waals surface area contributed by atoms with Crippen LogP contribution in [0.15, 0.2) is 109 Å². The van der Waals surface area contributed by atoms with Gasteiger partial charge in [-0.2, -0.15) is 0 Å². The Morgan fingerprint density at radius 2 is 0.857 bits per heavy atom. The van der Waals surface area contributed by atoms with E-state index in [2.05, 4.69) is 109 Å². The standard InChI is InChI=1S/C26H18Se2/c1-3-11-21(12-4-1)27-25-15-7-9-19-17-20-10-8-16-26(24(20)18-23(19)25)28-22-13-5-2-6-14-22/h1-18H. The summed E-state index contributed by atoms with van der Waals surface area (Å²) in [5.74, 6) is 0. The Labute approximate surface area is 177 Å². The number of benzene rings is 5. The summed E-state index contributed by atoms with van der Waals surface area (Å²) in [7, 11) is 0. The number of rotatable bonds is 4. The summed E-state index contributed by atoms with van der Waals surface area (Å²) in [4.78, 5) is 0. The summed E-state index contributed by atoms with van der Waals surface area (Å²) in [6, 6.07) is 40.0. The van der Waals surface area contributed by atoms with Gasteiger partial charge in [-0.3, -0.25) is 0 Å². The molecule has 5 aromatic carbocycles. The third-order valence-electron chi connectivity index (χ3n) is 4.74. The zero-order valence-corrected chi connectivity index (χ0v) is 18.6. The average Bonchev–Trinajstić information content (AvgIpc) is 2.75. The first-order valence-corrected chi connectivity index (χ1v) is 12.7. The summed E-state index contributed by atoms with van der Waals surface area (Å²) in [6.45, 7) is 0. The van der Waals surface area contributed by atoms with Gasteiger partial charge in [0.15, 0.2) is 0 Å². The fourth-order valence-electron chi connectivity index (χ4n) is 3.40. The van der Waals surface area contributed by atoms with Crippen molar-refractivity contribution in [2.75, 3.05) is 0 Å². The SMILES string of the molecule is c1ccc([Se]c2cccc3cc4cccc([Se]c5ccccc5)c4cc23)cc1. The van der Waals surface area contributed by atoms with E-state index in [9.17, 15) is 0 Å². The van der Waals surface area contributed by atoms with Gasteiger partial charge in [0, 0.05) is 0 Å². The Bertz CT molecular complexity index is 1150. The van der Waals surface area contributed by atoms with Crippen LogP contribution in [0.2, 0.25) is 0 Å². The average molecular weight is 488 g/mol. The second-order valence-electron chi connectivity index (χ2n) is 6.64. The van der Waals surface area contributed by atoms with E-state index in [-0.39, 0.29) is 0 Å². The van der Waals surface area contributed by atoms with Crippen LogP contribution in [0.1, 0.15) is 0 Å². The van der Waals surface area contributed by atoms with Crippen LogP contribution in [-0.2, 0) is 0 Å². The molecular weight excluding hydrogens is 470 g/mol. The van der Waals surface area contributed by atoms with Crippen molar-refractivity contribution >= 4 is 69.3 Å². The molecule has 0 atom stereocenters. The van der Waals surface area contributed by atoms with Gasteiger partial charge in [-0.15, -0.1) is 0 Å². The van der Waals surface area contributed by atoms with E-state index < -0.39 is 0 Å². The Hall–Kier alpha value is -2.34. The van der Waals surface area contributed by atoms with E-state index in [4.69, 9.17) is 0 Å². The molecule has 0 saturated heterocycles. The topological polar surface area (TPSA) is 0 Å². The van der Waals surface area contributed by atoms with Crippen LogP contribution < -0.4 is 17.8 Å². The molecule has 2 heteroatoms. The Kier molecular flexibility index (Phi) is 5.04. The van der Waals surface area contributed by atoms with Crippen molar-refractivity contribution in [2.45, 2.75) is 0 Å². The molecule has 5 rings (SSSR count). The van der Waals surface area contributed by atoms with Crippen molar-refractivity contribution in [3.8, 4) is 0 Å². The fraction of sp³-hybridized carbons (Fsp3) is 0. The van der Waals surface area contributed by atoms with E-state index in [1.807, 2.05) is 0 Å². The molecule has 0 heterocycles. The number of fused-ring (bicyclic) bond motifs is 2. The van der Waals surface area contributed by atoms with Gasteiger partial charge in [0.2, 0.25) is 0 Å². The predicted octanol–water partition coefficient (Wildman–Crippen LogP) is 3.30. The molecule has 0 unspecified atom stereocenters.